The van der Waals surface area contributed by atoms with Crippen LogP contribution in [0.5, 0.6) is 0 Å². The molecule has 0 radical (unpaired) electrons. The van der Waals surface area contributed by atoms with Crippen molar-refractivity contribution < 1.29 is 5.11 Å². The summed E-state index contributed by atoms with van der Waals surface area (Å²) >= 11 is 0. The van der Waals surface area contributed by atoms with Crippen LogP contribution >= 0.6 is 0 Å². The second-order valence-electron chi connectivity index (χ2n) is 10.8. The van der Waals surface area contributed by atoms with E-state index in [2.05, 4.69) is 46.4 Å². The lowest BCUT2D eigenvalue weighted by Gasteiger charge is -2.44. The summed E-state index contributed by atoms with van der Waals surface area (Å²) in [6, 6.07) is 0. The maximum Gasteiger partial charge on any atom is 0.0583 e. The summed E-state index contributed by atoms with van der Waals surface area (Å²) in [7, 11) is 0. The van der Waals surface area contributed by atoms with Gasteiger partial charge in [0.25, 0.3) is 0 Å². The molecule has 0 spiro atoms. The molecule has 3 rings (SSSR count). The predicted octanol–water partition coefficient (Wildman–Crippen LogP) is 7.62. The molecule has 1 nitrogen and oxygen atoms in total. The average molecular weight is 385 g/mol. The quantitative estimate of drug-likeness (QED) is 0.499. The van der Waals surface area contributed by atoms with Crippen molar-refractivity contribution in [3.8, 4) is 0 Å². The summed E-state index contributed by atoms with van der Waals surface area (Å²) in [5.74, 6) is 3.37. The minimum absolute atomic E-state index is 0.172. The molecule has 0 bridgehead atoms. The van der Waals surface area contributed by atoms with Gasteiger partial charge in [-0.1, -0.05) is 76.8 Å². The normalized spacial score (nSPS) is 37.6. The SMILES string of the molecule is C=C1CC[C@H](O)C/C1=C/C=C1\CCC[C@]2(C)[C@@H](C(C)CCCC(C)C)CC[C@@H]12. The van der Waals surface area contributed by atoms with Gasteiger partial charge in [0.05, 0.1) is 6.10 Å². The van der Waals surface area contributed by atoms with E-state index in [1.54, 1.807) is 5.57 Å². The molecule has 28 heavy (non-hydrogen) atoms. The lowest BCUT2D eigenvalue weighted by molar-refractivity contribution is 0.0929. The van der Waals surface area contributed by atoms with Gasteiger partial charge >= 0.3 is 0 Å². The number of aliphatic hydroxyl groups excluding tert-OH is 1. The Bertz CT molecular complexity index is 610. The Labute approximate surface area is 174 Å². The molecule has 1 N–H and O–H groups in total. The molecular weight excluding hydrogens is 340 g/mol. The molecule has 5 atom stereocenters. The summed E-state index contributed by atoms with van der Waals surface area (Å²) in [6.07, 6.45) is 18.2. The molecular formula is C27H44O. The molecule has 1 heteroatoms. The Morgan fingerprint density at radius 1 is 1.11 bits per heavy atom. The van der Waals surface area contributed by atoms with Gasteiger partial charge in [-0.05, 0) is 86.0 Å². The van der Waals surface area contributed by atoms with Crippen LogP contribution in [0.1, 0.15) is 98.3 Å². The Morgan fingerprint density at radius 3 is 2.64 bits per heavy atom. The van der Waals surface area contributed by atoms with Crippen LogP contribution in [0, 0.1) is 29.1 Å². The zero-order valence-corrected chi connectivity index (χ0v) is 19.0. The highest BCUT2D eigenvalue weighted by molar-refractivity contribution is 5.36. The van der Waals surface area contributed by atoms with Gasteiger partial charge in [-0.25, -0.2) is 0 Å². The van der Waals surface area contributed by atoms with Crippen molar-refractivity contribution in [1.29, 1.82) is 0 Å². The van der Waals surface area contributed by atoms with Crippen LogP contribution in [0.25, 0.3) is 0 Å². The molecule has 0 aliphatic heterocycles. The summed E-state index contributed by atoms with van der Waals surface area (Å²) in [4.78, 5) is 0. The third-order valence-electron chi connectivity index (χ3n) is 8.35. The first kappa shape index (κ1) is 21.9. The third-order valence-corrected chi connectivity index (χ3v) is 8.35. The van der Waals surface area contributed by atoms with E-state index in [0.29, 0.717) is 5.41 Å². The van der Waals surface area contributed by atoms with Gasteiger partial charge in [-0.2, -0.15) is 0 Å². The Balaban J connectivity index is 1.70. The molecule has 1 unspecified atom stereocenters. The molecule has 3 aliphatic carbocycles. The van der Waals surface area contributed by atoms with E-state index in [9.17, 15) is 5.11 Å². The van der Waals surface area contributed by atoms with E-state index in [4.69, 9.17) is 0 Å². The van der Waals surface area contributed by atoms with Crippen LogP contribution < -0.4 is 0 Å². The van der Waals surface area contributed by atoms with Crippen molar-refractivity contribution >= 4 is 0 Å². The zero-order chi connectivity index (χ0) is 20.3. The van der Waals surface area contributed by atoms with E-state index in [0.717, 1.165) is 42.9 Å². The fourth-order valence-corrected chi connectivity index (χ4v) is 6.66. The standard InChI is InChI=1S/C27H44O/c1-19(2)8-6-9-21(4)25-15-16-26-22(10-7-17-27(25,26)5)12-13-23-18-24(28)14-11-20(23)3/h12-13,19,21,24-26,28H,3,6-11,14-18H2,1-2,4-5H3/b22-12+,23-13-/t21?,24-,25+,26-,27+/m0/s1. The fraction of sp³-hybridized carbons (Fsp3) is 0.778. The first-order chi connectivity index (χ1) is 13.3. The summed E-state index contributed by atoms with van der Waals surface area (Å²) in [5.41, 5.74) is 4.72. The van der Waals surface area contributed by atoms with Crippen molar-refractivity contribution in [3.05, 3.63) is 35.5 Å². The minimum Gasteiger partial charge on any atom is -0.393 e. The Morgan fingerprint density at radius 2 is 1.89 bits per heavy atom. The number of hydrogen-bond donors (Lipinski definition) is 1. The van der Waals surface area contributed by atoms with Crippen molar-refractivity contribution in [2.75, 3.05) is 0 Å². The highest BCUT2D eigenvalue weighted by atomic mass is 16.3. The maximum absolute atomic E-state index is 10.0. The smallest absolute Gasteiger partial charge is 0.0583 e. The van der Waals surface area contributed by atoms with Crippen molar-refractivity contribution in [3.63, 3.8) is 0 Å². The number of hydrogen-bond acceptors (Lipinski definition) is 1. The molecule has 3 aliphatic rings. The van der Waals surface area contributed by atoms with E-state index >= 15 is 0 Å². The first-order valence-electron chi connectivity index (χ1n) is 12.1. The van der Waals surface area contributed by atoms with Gasteiger partial charge in [-0.15, -0.1) is 0 Å². The Kier molecular flexibility index (Phi) is 7.29. The number of allylic oxidation sites excluding steroid dienone is 4. The van der Waals surface area contributed by atoms with Crippen LogP contribution in [-0.4, -0.2) is 11.2 Å². The van der Waals surface area contributed by atoms with E-state index < -0.39 is 0 Å². The number of aliphatic hydroxyl groups is 1. The summed E-state index contributed by atoms with van der Waals surface area (Å²) < 4.78 is 0. The molecule has 0 aromatic heterocycles. The monoisotopic (exact) mass is 384 g/mol. The van der Waals surface area contributed by atoms with Crippen LogP contribution in [-0.2, 0) is 0 Å². The lowest BCUT2D eigenvalue weighted by Crippen LogP contribution is -2.36. The predicted molar refractivity (Wildman–Crippen MR) is 121 cm³/mol. The number of rotatable bonds is 6. The van der Waals surface area contributed by atoms with Gasteiger partial charge in [0, 0.05) is 0 Å². The zero-order valence-electron chi connectivity index (χ0n) is 19.0. The van der Waals surface area contributed by atoms with E-state index in [1.807, 2.05) is 0 Å². The van der Waals surface area contributed by atoms with Crippen LogP contribution in [0.15, 0.2) is 35.5 Å². The van der Waals surface area contributed by atoms with E-state index in [-0.39, 0.29) is 6.10 Å². The topological polar surface area (TPSA) is 20.2 Å². The second kappa shape index (κ2) is 9.33. The van der Waals surface area contributed by atoms with E-state index in [1.165, 1.54) is 62.5 Å². The summed E-state index contributed by atoms with van der Waals surface area (Å²) in [6.45, 7) is 14.1. The first-order valence-corrected chi connectivity index (χ1v) is 12.1. The molecule has 0 amide bonds. The largest absolute Gasteiger partial charge is 0.393 e. The van der Waals surface area contributed by atoms with Gasteiger partial charge in [0.15, 0.2) is 0 Å². The molecule has 0 aromatic rings. The fourth-order valence-electron chi connectivity index (χ4n) is 6.66. The highest BCUT2D eigenvalue weighted by Crippen LogP contribution is 2.59. The van der Waals surface area contributed by atoms with Crippen molar-refractivity contribution in [2.45, 2.75) is 104 Å². The molecule has 0 saturated heterocycles. The molecule has 3 fully saturated rings. The van der Waals surface area contributed by atoms with Crippen LogP contribution in [0.3, 0.4) is 0 Å². The Hall–Kier alpha value is -0.820. The average Bonchev–Trinajstić information content (AvgIpc) is 2.99. The molecule has 0 aromatic carbocycles. The molecule has 3 saturated carbocycles. The lowest BCUT2D eigenvalue weighted by atomic mass is 9.60. The van der Waals surface area contributed by atoms with Crippen LogP contribution in [0.4, 0.5) is 0 Å². The van der Waals surface area contributed by atoms with Gasteiger partial charge in [0.2, 0.25) is 0 Å². The van der Waals surface area contributed by atoms with Gasteiger partial charge in [-0.3, -0.25) is 0 Å². The van der Waals surface area contributed by atoms with Gasteiger partial charge < -0.3 is 5.11 Å². The molecule has 158 valence electrons. The van der Waals surface area contributed by atoms with Crippen molar-refractivity contribution in [1.82, 2.24) is 0 Å². The highest BCUT2D eigenvalue weighted by Gasteiger charge is 2.50. The van der Waals surface area contributed by atoms with Crippen molar-refractivity contribution in [2.24, 2.45) is 29.1 Å². The maximum atomic E-state index is 10.0. The second-order valence-corrected chi connectivity index (χ2v) is 10.8. The van der Waals surface area contributed by atoms with Gasteiger partial charge in [0.1, 0.15) is 0 Å². The van der Waals surface area contributed by atoms with Crippen LogP contribution in [0.2, 0.25) is 0 Å². The third kappa shape index (κ3) is 4.84. The summed E-state index contributed by atoms with van der Waals surface area (Å²) in [5, 5.41) is 10.0. The molecule has 0 heterocycles. The minimum atomic E-state index is -0.172. The number of fused-ring (bicyclic) bond motifs is 1.